The highest BCUT2D eigenvalue weighted by Crippen LogP contribution is 2.63. The van der Waals surface area contributed by atoms with Gasteiger partial charge in [-0.15, -0.1) is 0 Å². The van der Waals surface area contributed by atoms with E-state index in [-0.39, 0.29) is 17.3 Å². The number of rotatable bonds is 3. The minimum Gasteiger partial charge on any atom is -0.339 e. The van der Waals surface area contributed by atoms with E-state index in [1.807, 2.05) is 6.26 Å². The Morgan fingerprint density at radius 3 is 2.87 bits per heavy atom. The van der Waals surface area contributed by atoms with Gasteiger partial charge < -0.3 is 4.52 Å². The van der Waals surface area contributed by atoms with Gasteiger partial charge in [0.1, 0.15) is 0 Å². The molecule has 0 N–H and O–H groups in total. The highest BCUT2D eigenvalue weighted by molar-refractivity contribution is 7.97. The highest BCUT2D eigenvalue weighted by Gasteiger charge is 2.62. The first kappa shape index (κ1) is 10.5. The van der Waals surface area contributed by atoms with Gasteiger partial charge in [0.05, 0.1) is 23.7 Å². The van der Waals surface area contributed by atoms with Crippen LogP contribution in [0.2, 0.25) is 0 Å². The molecule has 1 aromatic heterocycles. The van der Waals surface area contributed by atoms with Crippen molar-refractivity contribution in [3.05, 3.63) is 11.7 Å². The van der Waals surface area contributed by atoms with E-state index >= 15 is 0 Å². The standard InChI is InChI=1S/C10H13N3OS/c1-10(2)6(4-11)8(10)9-12-7(5-15-3)13-14-9/h6,8H,5H2,1-3H3. The predicted octanol–water partition coefficient (Wildman–Crippen LogP) is 2.20. The van der Waals surface area contributed by atoms with E-state index in [1.54, 1.807) is 11.8 Å². The SMILES string of the molecule is CSCc1noc(C2C(C#N)C2(C)C)n1. The van der Waals surface area contributed by atoms with E-state index in [0.717, 1.165) is 11.6 Å². The third-order valence-electron chi connectivity index (χ3n) is 2.99. The van der Waals surface area contributed by atoms with Crippen LogP contribution in [-0.4, -0.2) is 16.4 Å². The van der Waals surface area contributed by atoms with Gasteiger partial charge in [0.25, 0.3) is 0 Å². The van der Waals surface area contributed by atoms with Crippen LogP contribution < -0.4 is 0 Å². The number of aromatic nitrogens is 2. The maximum atomic E-state index is 8.94. The van der Waals surface area contributed by atoms with Crippen molar-refractivity contribution < 1.29 is 4.52 Å². The third kappa shape index (κ3) is 1.63. The molecule has 5 heteroatoms. The third-order valence-corrected chi connectivity index (χ3v) is 3.54. The number of hydrogen-bond donors (Lipinski definition) is 0. The summed E-state index contributed by atoms with van der Waals surface area (Å²) < 4.78 is 5.18. The van der Waals surface area contributed by atoms with Gasteiger partial charge in [0.15, 0.2) is 5.82 Å². The maximum Gasteiger partial charge on any atom is 0.231 e. The minimum atomic E-state index is -0.0160. The largest absolute Gasteiger partial charge is 0.339 e. The lowest BCUT2D eigenvalue weighted by molar-refractivity contribution is 0.364. The Morgan fingerprint density at radius 1 is 1.60 bits per heavy atom. The molecular formula is C10H13N3OS. The first-order chi connectivity index (χ1) is 7.11. The fourth-order valence-corrected chi connectivity index (χ4v) is 2.30. The van der Waals surface area contributed by atoms with Crippen molar-refractivity contribution >= 4 is 11.8 Å². The summed E-state index contributed by atoms with van der Waals surface area (Å²) in [5, 5.41) is 12.8. The van der Waals surface area contributed by atoms with Gasteiger partial charge in [-0.05, 0) is 11.7 Å². The van der Waals surface area contributed by atoms with E-state index in [9.17, 15) is 0 Å². The molecule has 0 radical (unpaired) electrons. The van der Waals surface area contributed by atoms with Crippen molar-refractivity contribution in [1.29, 1.82) is 5.26 Å². The molecule has 0 saturated heterocycles. The van der Waals surface area contributed by atoms with Crippen LogP contribution in [0.15, 0.2) is 4.52 Å². The lowest BCUT2D eigenvalue weighted by atomic mass is 10.1. The molecule has 0 amide bonds. The molecule has 0 aliphatic heterocycles. The van der Waals surface area contributed by atoms with E-state index in [0.29, 0.717) is 5.89 Å². The van der Waals surface area contributed by atoms with Gasteiger partial charge in [-0.1, -0.05) is 19.0 Å². The molecule has 0 spiro atoms. The van der Waals surface area contributed by atoms with Crippen molar-refractivity contribution in [3.8, 4) is 6.07 Å². The van der Waals surface area contributed by atoms with Crippen LogP contribution in [-0.2, 0) is 5.75 Å². The monoisotopic (exact) mass is 223 g/mol. The second-order valence-corrected chi connectivity index (χ2v) is 5.25. The van der Waals surface area contributed by atoms with Gasteiger partial charge in [0, 0.05) is 0 Å². The zero-order chi connectivity index (χ0) is 11.1. The molecule has 4 nitrogen and oxygen atoms in total. The molecule has 1 heterocycles. The average molecular weight is 223 g/mol. The normalized spacial score (nSPS) is 27.3. The van der Waals surface area contributed by atoms with Crippen LogP contribution >= 0.6 is 11.8 Å². The Kier molecular flexibility index (Phi) is 2.47. The number of hydrogen-bond acceptors (Lipinski definition) is 5. The maximum absolute atomic E-state index is 8.94. The summed E-state index contributed by atoms with van der Waals surface area (Å²) in [4.78, 5) is 4.31. The Bertz CT molecular complexity index is 407. The first-order valence-corrected chi connectivity index (χ1v) is 6.21. The zero-order valence-corrected chi connectivity index (χ0v) is 9.84. The summed E-state index contributed by atoms with van der Waals surface area (Å²) in [6, 6.07) is 2.29. The summed E-state index contributed by atoms with van der Waals surface area (Å²) in [5.41, 5.74) is -0.0160. The van der Waals surface area contributed by atoms with E-state index in [2.05, 4.69) is 30.1 Å². The Labute approximate surface area is 93.0 Å². The summed E-state index contributed by atoms with van der Waals surface area (Å²) in [7, 11) is 0. The van der Waals surface area contributed by atoms with E-state index in [4.69, 9.17) is 9.78 Å². The minimum absolute atomic E-state index is 0.0140. The Hall–Kier alpha value is -1.02. The van der Waals surface area contributed by atoms with Crippen LogP contribution in [0.4, 0.5) is 0 Å². The van der Waals surface area contributed by atoms with Crippen LogP contribution in [0.3, 0.4) is 0 Å². The smallest absolute Gasteiger partial charge is 0.231 e. The Balaban J connectivity index is 2.15. The summed E-state index contributed by atoms with van der Waals surface area (Å²) in [6.07, 6.45) is 2.00. The van der Waals surface area contributed by atoms with Crippen molar-refractivity contribution in [3.63, 3.8) is 0 Å². The second-order valence-electron chi connectivity index (χ2n) is 4.39. The predicted molar refractivity (Wildman–Crippen MR) is 57.1 cm³/mol. The summed E-state index contributed by atoms with van der Waals surface area (Å²) >= 11 is 1.66. The molecule has 1 saturated carbocycles. The summed E-state index contributed by atoms with van der Waals surface area (Å²) in [5.74, 6) is 2.23. The van der Waals surface area contributed by atoms with Crippen LogP contribution in [0.25, 0.3) is 0 Å². The Morgan fingerprint density at radius 2 is 2.33 bits per heavy atom. The number of thioether (sulfide) groups is 1. The molecule has 15 heavy (non-hydrogen) atoms. The van der Waals surface area contributed by atoms with Gasteiger partial charge in [-0.25, -0.2) is 0 Å². The molecule has 1 fully saturated rings. The van der Waals surface area contributed by atoms with Gasteiger partial charge in [-0.2, -0.15) is 22.0 Å². The molecule has 2 atom stereocenters. The molecule has 0 aromatic carbocycles. The molecule has 2 unspecified atom stereocenters. The van der Waals surface area contributed by atoms with Gasteiger partial charge >= 0.3 is 0 Å². The number of nitriles is 1. The molecule has 2 rings (SSSR count). The fraction of sp³-hybridized carbons (Fsp3) is 0.700. The number of nitrogens with zero attached hydrogens (tertiary/aromatic N) is 3. The highest BCUT2D eigenvalue weighted by atomic mass is 32.2. The first-order valence-electron chi connectivity index (χ1n) is 4.82. The van der Waals surface area contributed by atoms with Crippen LogP contribution in [0.5, 0.6) is 0 Å². The molecular weight excluding hydrogens is 210 g/mol. The van der Waals surface area contributed by atoms with Crippen LogP contribution in [0.1, 0.15) is 31.5 Å². The van der Waals surface area contributed by atoms with Gasteiger partial charge in [-0.3, -0.25) is 0 Å². The molecule has 1 aliphatic rings. The van der Waals surface area contributed by atoms with Crippen molar-refractivity contribution in [1.82, 2.24) is 10.1 Å². The second kappa shape index (κ2) is 3.53. The average Bonchev–Trinajstić information content (AvgIpc) is 2.57. The topological polar surface area (TPSA) is 62.7 Å². The lowest BCUT2D eigenvalue weighted by Gasteiger charge is -1.95. The van der Waals surface area contributed by atoms with Crippen molar-refractivity contribution in [2.75, 3.05) is 6.26 Å². The molecule has 80 valence electrons. The molecule has 0 bridgehead atoms. The quantitative estimate of drug-likeness (QED) is 0.786. The zero-order valence-electron chi connectivity index (χ0n) is 9.02. The molecule has 1 aromatic rings. The summed E-state index contributed by atoms with van der Waals surface area (Å²) in [6.45, 7) is 4.12. The van der Waals surface area contributed by atoms with E-state index < -0.39 is 0 Å². The van der Waals surface area contributed by atoms with Gasteiger partial charge in [0.2, 0.25) is 5.89 Å². The van der Waals surface area contributed by atoms with Crippen LogP contribution in [0, 0.1) is 22.7 Å². The molecule has 1 aliphatic carbocycles. The van der Waals surface area contributed by atoms with Crippen molar-refractivity contribution in [2.24, 2.45) is 11.3 Å². The lowest BCUT2D eigenvalue weighted by Crippen LogP contribution is -1.90. The fourth-order valence-electron chi connectivity index (χ4n) is 1.92. The van der Waals surface area contributed by atoms with Crippen molar-refractivity contribution in [2.45, 2.75) is 25.5 Å². The van der Waals surface area contributed by atoms with E-state index in [1.165, 1.54) is 0 Å².